The number of sulfonamides is 1. The fourth-order valence-corrected chi connectivity index (χ4v) is 4.47. The van der Waals surface area contributed by atoms with E-state index in [0.717, 1.165) is 5.56 Å². The van der Waals surface area contributed by atoms with Crippen molar-refractivity contribution in [2.45, 2.75) is 6.42 Å². The summed E-state index contributed by atoms with van der Waals surface area (Å²) in [6.07, 6.45) is 1.81. The van der Waals surface area contributed by atoms with Gasteiger partial charge in [0.15, 0.2) is 11.5 Å². The molecule has 1 aliphatic rings. The van der Waals surface area contributed by atoms with Gasteiger partial charge in [-0.3, -0.25) is 4.31 Å². The van der Waals surface area contributed by atoms with Crippen LogP contribution in [-0.4, -0.2) is 39.3 Å². The third-order valence-electron chi connectivity index (χ3n) is 5.02. The van der Waals surface area contributed by atoms with Gasteiger partial charge in [0.2, 0.25) is 15.7 Å². The quantitative estimate of drug-likeness (QED) is 0.455. The first-order valence-corrected chi connectivity index (χ1v) is 11.5. The predicted molar refractivity (Wildman–Crippen MR) is 119 cm³/mol. The van der Waals surface area contributed by atoms with Crippen LogP contribution in [0.4, 0.5) is 11.4 Å². The van der Waals surface area contributed by atoms with Gasteiger partial charge in [0.25, 0.3) is 0 Å². The minimum absolute atomic E-state index is 0.0148. The highest BCUT2D eigenvalue weighted by molar-refractivity contribution is 7.92. The number of hydrogen-bond donors (Lipinski definition) is 2. The lowest BCUT2D eigenvalue weighted by atomic mass is 10.1. The van der Waals surface area contributed by atoms with E-state index in [-0.39, 0.29) is 5.90 Å². The highest BCUT2D eigenvalue weighted by Gasteiger charge is 2.27. The monoisotopic (exact) mass is 439 g/mol. The summed E-state index contributed by atoms with van der Waals surface area (Å²) < 4.78 is 36.3. The number of para-hydroxylation sites is 2. The van der Waals surface area contributed by atoms with E-state index in [1.165, 1.54) is 10.6 Å². The predicted octanol–water partition coefficient (Wildman–Crippen LogP) is 2.53. The Labute approximate surface area is 181 Å². The second-order valence-corrected chi connectivity index (χ2v) is 9.09. The first-order valence-electron chi connectivity index (χ1n) is 9.70. The van der Waals surface area contributed by atoms with Crippen LogP contribution in [0, 0.1) is 0 Å². The van der Waals surface area contributed by atoms with Crippen LogP contribution < -0.4 is 18.8 Å². The van der Waals surface area contributed by atoms with Crippen molar-refractivity contribution >= 4 is 27.3 Å². The number of methoxy groups -OCH3 is 1. The van der Waals surface area contributed by atoms with Gasteiger partial charge in [0, 0.05) is 18.7 Å². The molecule has 0 aliphatic carbocycles. The van der Waals surface area contributed by atoms with Crippen molar-refractivity contribution in [1.82, 2.24) is 0 Å². The summed E-state index contributed by atoms with van der Waals surface area (Å²) in [5.74, 6) is 1.87. The molecule has 0 bridgehead atoms. The van der Waals surface area contributed by atoms with Crippen LogP contribution in [0.5, 0.6) is 17.2 Å². The fourth-order valence-electron chi connectivity index (χ4n) is 3.51. The van der Waals surface area contributed by atoms with Gasteiger partial charge in [-0.05, 0) is 54.4 Å². The molecule has 0 saturated heterocycles. The largest absolute Gasteiger partial charge is 0.493 e. The zero-order valence-corrected chi connectivity index (χ0v) is 18.0. The van der Waals surface area contributed by atoms with Gasteiger partial charge in [-0.25, -0.2) is 8.42 Å². The molecule has 160 valence electrons. The number of ether oxygens (including phenoxy) is 2. The first kappa shape index (κ1) is 20.7. The van der Waals surface area contributed by atoms with E-state index in [2.05, 4.69) is 4.99 Å². The Hall–Kier alpha value is -3.52. The Kier molecular flexibility index (Phi) is 5.56. The van der Waals surface area contributed by atoms with E-state index in [1.54, 1.807) is 43.5 Å². The molecule has 2 N–H and O–H groups in total. The summed E-state index contributed by atoms with van der Waals surface area (Å²) in [5.41, 5.74) is 2.82. The highest BCUT2D eigenvalue weighted by atomic mass is 32.2. The molecule has 3 aromatic rings. The number of nitrogens with zero attached hydrogens (tertiary/aromatic N) is 1. The van der Waals surface area contributed by atoms with Gasteiger partial charge >= 0.3 is 5.90 Å². The van der Waals surface area contributed by atoms with Gasteiger partial charge in [0.1, 0.15) is 5.75 Å². The number of fused-ring (bicyclic) bond motifs is 1. The summed E-state index contributed by atoms with van der Waals surface area (Å²) >= 11 is 0. The van der Waals surface area contributed by atoms with Crippen molar-refractivity contribution in [1.29, 1.82) is 0 Å². The SMILES string of the molecule is COc1ccccc1Oc1ccc([NH+]=C(O)c2ccc3c(c2)CCN3S(C)(=O)=O)cc1. The Balaban J connectivity index is 1.52. The Morgan fingerprint density at radius 2 is 1.74 bits per heavy atom. The molecule has 0 radical (unpaired) electrons. The second-order valence-electron chi connectivity index (χ2n) is 7.18. The molecule has 0 unspecified atom stereocenters. The number of aliphatic hydroxyl groups excluding tert-OH is 1. The molecule has 0 atom stereocenters. The van der Waals surface area contributed by atoms with Crippen molar-refractivity contribution in [2.75, 3.05) is 24.2 Å². The number of aliphatic hydroxyl groups is 1. The molecule has 0 aromatic heterocycles. The zero-order valence-electron chi connectivity index (χ0n) is 17.2. The molecule has 0 amide bonds. The van der Waals surface area contributed by atoms with Crippen LogP contribution in [0.25, 0.3) is 0 Å². The number of rotatable bonds is 6. The first-order chi connectivity index (χ1) is 14.8. The standard InChI is InChI=1S/C23H22N2O5S/c1-29-21-5-3-4-6-22(21)30-19-10-8-18(9-11-19)24-23(26)17-7-12-20-16(15-17)13-14-25(20)31(2,27)28/h3-12,15H,13-14H2,1-2H3,(H,24,26)/p+1. The van der Waals surface area contributed by atoms with Crippen molar-refractivity contribution in [3.8, 4) is 17.2 Å². The summed E-state index contributed by atoms with van der Waals surface area (Å²) in [4.78, 5) is 2.96. The highest BCUT2D eigenvalue weighted by Crippen LogP contribution is 2.32. The lowest BCUT2D eigenvalue weighted by Gasteiger charge is -2.16. The van der Waals surface area contributed by atoms with E-state index in [4.69, 9.17) is 9.47 Å². The topological polar surface area (TPSA) is 90.0 Å². The van der Waals surface area contributed by atoms with E-state index in [0.29, 0.717) is 47.2 Å². The van der Waals surface area contributed by atoms with Gasteiger partial charge < -0.3 is 14.6 Å². The smallest absolute Gasteiger partial charge is 0.371 e. The molecule has 31 heavy (non-hydrogen) atoms. The molecule has 8 heteroatoms. The molecule has 1 heterocycles. The van der Waals surface area contributed by atoms with E-state index >= 15 is 0 Å². The lowest BCUT2D eigenvalue weighted by molar-refractivity contribution is -0.364. The maximum absolute atomic E-state index is 11.9. The molecule has 7 nitrogen and oxygen atoms in total. The number of anilines is 1. The zero-order chi connectivity index (χ0) is 22.0. The Morgan fingerprint density at radius 1 is 1.03 bits per heavy atom. The Bertz CT molecular complexity index is 1240. The van der Waals surface area contributed by atoms with Crippen LogP contribution in [0.1, 0.15) is 11.1 Å². The molecular weight excluding hydrogens is 416 g/mol. The summed E-state index contributed by atoms with van der Waals surface area (Å²) in [5, 5.41) is 10.5. The fraction of sp³-hybridized carbons (Fsp3) is 0.174. The summed E-state index contributed by atoms with van der Waals surface area (Å²) in [7, 11) is -1.71. The van der Waals surface area contributed by atoms with Crippen LogP contribution >= 0.6 is 0 Å². The van der Waals surface area contributed by atoms with E-state index in [1.807, 2.05) is 30.3 Å². The van der Waals surface area contributed by atoms with Crippen molar-refractivity contribution < 1.29 is 28.0 Å². The molecule has 0 spiro atoms. The molecule has 1 aliphatic heterocycles. The third-order valence-corrected chi connectivity index (χ3v) is 6.20. The summed E-state index contributed by atoms with van der Waals surface area (Å²) in [6.45, 7) is 0.416. The van der Waals surface area contributed by atoms with Crippen LogP contribution in [-0.2, 0) is 16.4 Å². The van der Waals surface area contributed by atoms with E-state index < -0.39 is 10.0 Å². The average Bonchev–Trinajstić information content (AvgIpc) is 3.19. The normalized spacial score (nSPS) is 13.7. The van der Waals surface area contributed by atoms with Crippen LogP contribution in [0.15, 0.2) is 66.7 Å². The lowest BCUT2D eigenvalue weighted by Crippen LogP contribution is -2.66. The molecule has 3 aromatic carbocycles. The minimum Gasteiger partial charge on any atom is -0.493 e. The maximum Gasteiger partial charge on any atom is 0.371 e. The molecule has 4 rings (SSSR count). The molecule has 0 fully saturated rings. The average molecular weight is 440 g/mol. The van der Waals surface area contributed by atoms with Crippen LogP contribution in [0.3, 0.4) is 0 Å². The molecular formula is C23H23N2O5S+. The van der Waals surface area contributed by atoms with Crippen molar-refractivity contribution in [3.63, 3.8) is 0 Å². The second kappa shape index (κ2) is 8.31. The van der Waals surface area contributed by atoms with Gasteiger partial charge in [-0.1, -0.05) is 12.1 Å². The minimum atomic E-state index is -3.30. The molecule has 0 saturated carbocycles. The van der Waals surface area contributed by atoms with Crippen molar-refractivity contribution in [3.05, 3.63) is 77.9 Å². The third kappa shape index (κ3) is 4.49. The number of nitrogens with one attached hydrogen (secondary N) is 1. The van der Waals surface area contributed by atoms with Gasteiger partial charge in [-0.15, -0.1) is 0 Å². The Morgan fingerprint density at radius 3 is 2.42 bits per heavy atom. The van der Waals surface area contributed by atoms with Crippen LogP contribution in [0.2, 0.25) is 0 Å². The number of benzene rings is 3. The van der Waals surface area contributed by atoms with Crippen molar-refractivity contribution in [2.24, 2.45) is 0 Å². The maximum atomic E-state index is 11.9. The van der Waals surface area contributed by atoms with Gasteiger partial charge in [0.05, 0.1) is 24.6 Å². The van der Waals surface area contributed by atoms with Gasteiger partial charge in [-0.2, -0.15) is 4.99 Å². The van der Waals surface area contributed by atoms with E-state index in [9.17, 15) is 13.5 Å². The number of hydrogen-bond acceptors (Lipinski definition) is 4. The summed E-state index contributed by atoms with van der Waals surface area (Å²) in [6, 6.07) is 19.8.